The third kappa shape index (κ3) is 2.97. The number of hydrogen-bond acceptors (Lipinski definition) is 5. The molecule has 0 aromatic carbocycles. The molecule has 0 saturated carbocycles. The SMILES string of the molecule is CC(C)n1ncc2cc(C(=O)OCc3nccn3C(F)F)cnc21. The molecule has 0 unspecified atom stereocenters. The number of fused-ring (bicyclic) bond motifs is 1. The lowest BCUT2D eigenvalue weighted by Gasteiger charge is -2.08. The molecule has 0 aliphatic heterocycles. The van der Waals surface area contributed by atoms with Crippen LogP contribution in [0.5, 0.6) is 0 Å². The Bertz CT molecular complexity index is 872. The molecule has 0 aliphatic rings. The average Bonchev–Trinajstić information content (AvgIpc) is 3.18. The maximum Gasteiger partial charge on any atom is 0.340 e. The van der Waals surface area contributed by atoms with Crippen LogP contribution in [0.3, 0.4) is 0 Å². The highest BCUT2D eigenvalue weighted by atomic mass is 19.3. The van der Waals surface area contributed by atoms with Crippen LogP contribution in [-0.2, 0) is 11.3 Å². The molecular formula is C15H15F2N5O2. The van der Waals surface area contributed by atoms with Gasteiger partial charge in [0, 0.05) is 30.0 Å². The lowest BCUT2D eigenvalue weighted by molar-refractivity contribution is 0.0376. The van der Waals surface area contributed by atoms with Crippen molar-refractivity contribution in [2.45, 2.75) is 33.0 Å². The summed E-state index contributed by atoms with van der Waals surface area (Å²) >= 11 is 0. The highest BCUT2D eigenvalue weighted by molar-refractivity contribution is 5.92. The first kappa shape index (κ1) is 16.0. The summed E-state index contributed by atoms with van der Waals surface area (Å²) in [5.74, 6) is -0.689. The number of aromatic nitrogens is 5. The van der Waals surface area contributed by atoms with Gasteiger partial charge in [0.05, 0.1) is 11.8 Å². The maximum absolute atomic E-state index is 12.7. The second-order valence-electron chi connectivity index (χ2n) is 5.42. The van der Waals surface area contributed by atoms with Crippen LogP contribution in [0.4, 0.5) is 8.78 Å². The van der Waals surface area contributed by atoms with Crippen LogP contribution < -0.4 is 0 Å². The van der Waals surface area contributed by atoms with Gasteiger partial charge >= 0.3 is 12.5 Å². The zero-order valence-corrected chi connectivity index (χ0v) is 13.1. The van der Waals surface area contributed by atoms with E-state index in [1.165, 1.54) is 12.4 Å². The molecule has 0 spiro atoms. The molecule has 0 N–H and O–H groups in total. The molecule has 24 heavy (non-hydrogen) atoms. The van der Waals surface area contributed by atoms with Crippen LogP contribution >= 0.6 is 0 Å². The quantitative estimate of drug-likeness (QED) is 0.670. The summed E-state index contributed by atoms with van der Waals surface area (Å²) in [6, 6.07) is 1.75. The highest BCUT2D eigenvalue weighted by Gasteiger charge is 2.16. The number of carbonyl (C=O) groups is 1. The molecule has 0 aliphatic carbocycles. The van der Waals surface area contributed by atoms with Crippen molar-refractivity contribution in [2.24, 2.45) is 0 Å². The number of alkyl halides is 2. The fraction of sp³-hybridized carbons (Fsp3) is 0.333. The molecule has 3 aromatic rings. The Hall–Kier alpha value is -2.84. The predicted octanol–water partition coefficient (Wildman–Crippen LogP) is 2.96. The topological polar surface area (TPSA) is 74.8 Å². The number of nitrogens with zero attached hydrogens (tertiary/aromatic N) is 5. The Balaban J connectivity index is 1.75. The van der Waals surface area contributed by atoms with Gasteiger partial charge in [-0.1, -0.05) is 0 Å². The Labute approximate surface area is 135 Å². The van der Waals surface area contributed by atoms with Crippen molar-refractivity contribution in [3.63, 3.8) is 0 Å². The number of halogens is 2. The van der Waals surface area contributed by atoms with Gasteiger partial charge in [-0.15, -0.1) is 0 Å². The van der Waals surface area contributed by atoms with E-state index in [2.05, 4.69) is 15.1 Å². The second kappa shape index (κ2) is 6.34. The molecular weight excluding hydrogens is 320 g/mol. The van der Waals surface area contributed by atoms with Crippen molar-refractivity contribution < 1.29 is 18.3 Å². The lowest BCUT2D eigenvalue weighted by Crippen LogP contribution is -2.10. The summed E-state index contributed by atoms with van der Waals surface area (Å²) in [6.45, 7) is 0.864. The van der Waals surface area contributed by atoms with E-state index in [0.29, 0.717) is 15.6 Å². The normalized spacial score (nSPS) is 11.6. The van der Waals surface area contributed by atoms with Crippen molar-refractivity contribution in [3.8, 4) is 0 Å². The molecule has 0 saturated heterocycles. The molecule has 3 aromatic heterocycles. The van der Waals surface area contributed by atoms with Crippen LogP contribution in [0, 0.1) is 0 Å². The van der Waals surface area contributed by atoms with Crippen molar-refractivity contribution in [3.05, 3.63) is 42.2 Å². The van der Waals surface area contributed by atoms with Crippen LogP contribution in [0.25, 0.3) is 11.0 Å². The molecule has 9 heteroatoms. The third-order valence-electron chi connectivity index (χ3n) is 3.45. The number of rotatable bonds is 5. The van der Waals surface area contributed by atoms with Crippen molar-refractivity contribution in [1.82, 2.24) is 24.3 Å². The van der Waals surface area contributed by atoms with Crippen molar-refractivity contribution in [2.75, 3.05) is 0 Å². The molecule has 0 bridgehead atoms. The molecule has 0 radical (unpaired) electrons. The maximum atomic E-state index is 12.7. The smallest absolute Gasteiger partial charge is 0.340 e. The van der Waals surface area contributed by atoms with E-state index >= 15 is 0 Å². The third-order valence-corrected chi connectivity index (χ3v) is 3.45. The first-order valence-corrected chi connectivity index (χ1v) is 7.27. The number of pyridine rings is 1. The minimum absolute atomic E-state index is 0.0278. The van der Waals surface area contributed by atoms with Crippen LogP contribution in [-0.4, -0.2) is 30.3 Å². The van der Waals surface area contributed by atoms with Gasteiger partial charge in [0.1, 0.15) is 6.61 Å². The average molecular weight is 335 g/mol. The second-order valence-corrected chi connectivity index (χ2v) is 5.42. The molecule has 7 nitrogen and oxygen atoms in total. The van der Waals surface area contributed by atoms with E-state index in [0.717, 1.165) is 6.20 Å². The van der Waals surface area contributed by atoms with E-state index in [-0.39, 0.29) is 24.0 Å². The van der Waals surface area contributed by atoms with Crippen molar-refractivity contribution in [1.29, 1.82) is 0 Å². The molecule has 126 valence electrons. The molecule has 3 heterocycles. The van der Waals surface area contributed by atoms with Crippen LogP contribution in [0.15, 0.2) is 30.9 Å². The van der Waals surface area contributed by atoms with Gasteiger partial charge in [-0.25, -0.2) is 19.4 Å². The standard InChI is InChI=1S/C15H15F2N5O2/c1-9(2)22-13-10(7-20-22)5-11(6-19-13)14(23)24-8-12-18-3-4-21(12)15(16)17/h3-7,9,15H,8H2,1-2H3. The number of esters is 1. The number of ether oxygens (including phenoxy) is 1. The summed E-state index contributed by atoms with van der Waals surface area (Å²) in [4.78, 5) is 20.1. The summed E-state index contributed by atoms with van der Waals surface area (Å²) in [5, 5.41) is 4.92. The van der Waals surface area contributed by atoms with E-state index in [9.17, 15) is 13.6 Å². The summed E-state index contributed by atoms with van der Waals surface area (Å²) < 4.78 is 32.9. The fourth-order valence-corrected chi connectivity index (χ4v) is 2.28. The number of hydrogen-bond donors (Lipinski definition) is 0. The fourth-order valence-electron chi connectivity index (χ4n) is 2.28. The van der Waals surface area contributed by atoms with Gasteiger partial charge in [-0.2, -0.15) is 13.9 Å². The summed E-state index contributed by atoms with van der Waals surface area (Å²) in [6.07, 6.45) is 5.35. The van der Waals surface area contributed by atoms with Gasteiger partial charge in [0.2, 0.25) is 0 Å². The summed E-state index contributed by atoms with van der Waals surface area (Å²) in [7, 11) is 0. The molecule has 3 rings (SSSR count). The van der Waals surface area contributed by atoms with E-state index in [1.807, 2.05) is 13.8 Å². The molecule has 0 atom stereocenters. The Morgan fingerprint density at radius 1 is 1.29 bits per heavy atom. The van der Waals surface area contributed by atoms with Crippen molar-refractivity contribution >= 4 is 17.0 Å². The van der Waals surface area contributed by atoms with Gasteiger partial charge in [0.25, 0.3) is 0 Å². The first-order valence-electron chi connectivity index (χ1n) is 7.27. The summed E-state index contributed by atoms with van der Waals surface area (Å²) in [5.41, 5.74) is 0.885. The van der Waals surface area contributed by atoms with Gasteiger partial charge in [-0.3, -0.25) is 4.57 Å². The van der Waals surface area contributed by atoms with Gasteiger partial charge in [0.15, 0.2) is 11.5 Å². The number of carbonyl (C=O) groups excluding carboxylic acids is 1. The monoisotopic (exact) mass is 335 g/mol. The zero-order valence-electron chi connectivity index (χ0n) is 13.1. The molecule has 0 amide bonds. The van der Waals surface area contributed by atoms with Gasteiger partial charge in [-0.05, 0) is 19.9 Å². The number of imidazole rings is 1. The molecule has 0 fully saturated rings. The van der Waals surface area contributed by atoms with E-state index < -0.39 is 12.5 Å². The minimum atomic E-state index is -2.74. The first-order chi connectivity index (χ1) is 11.5. The zero-order chi connectivity index (χ0) is 17.3. The Kier molecular flexibility index (Phi) is 4.24. The van der Waals surface area contributed by atoms with Crippen LogP contribution in [0.2, 0.25) is 0 Å². The van der Waals surface area contributed by atoms with E-state index in [1.54, 1.807) is 16.9 Å². The lowest BCUT2D eigenvalue weighted by atomic mass is 10.2. The largest absolute Gasteiger partial charge is 0.454 e. The van der Waals surface area contributed by atoms with Crippen LogP contribution in [0.1, 0.15) is 42.6 Å². The minimum Gasteiger partial charge on any atom is -0.454 e. The Morgan fingerprint density at radius 2 is 2.08 bits per heavy atom. The van der Waals surface area contributed by atoms with E-state index in [4.69, 9.17) is 4.74 Å². The Morgan fingerprint density at radius 3 is 2.79 bits per heavy atom. The highest BCUT2D eigenvalue weighted by Crippen LogP contribution is 2.18. The predicted molar refractivity (Wildman–Crippen MR) is 80.5 cm³/mol. The van der Waals surface area contributed by atoms with Gasteiger partial charge < -0.3 is 4.74 Å².